The van der Waals surface area contributed by atoms with E-state index in [1.165, 1.54) is 0 Å². The van der Waals surface area contributed by atoms with Gasteiger partial charge in [0.2, 0.25) is 0 Å². The Morgan fingerprint density at radius 3 is 2.53 bits per heavy atom. The molecule has 0 aromatic carbocycles. The lowest BCUT2D eigenvalue weighted by Crippen LogP contribution is -2.27. The van der Waals surface area contributed by atoms with Gasteiger partial charge < -0.3 is 14.8 Å². The van der Waals surface area contributed by atoms with Gasteiger partial charge in [0.05, 0.1) is 24.9 Å². The summed E-state index contributed by atoms with van der Waals surface area (Å²) in [5, 5.41) is 3.15. The molecule has 0 saturated carbocycles. The highest BCUT2D eigenvalue weighted by atomic mass is 16.5. The highest BCUT2D eigenvalue weighted by Crippen LogP contribution is 2.20. The first-order valence-electron chi connectivity index (χ1n) is 6.05. The molecule has 0 amide bonds. The predicted octanol–water partition coefficient (Wildman–Crippen LogP) is 1.81. The Bertz CT molecular complexity index is 173. The molecule has 3 nitrogen and oxygen atoms in total. The van der Waals surface area contributed by atoms with E-state index in [-0.39, 0.29) is 0 Å². The Morgan fingerprint density at radius 2 is 1.93 bits per heavy atom. The third-order valence-electron chi connectivity index (χ3n) is 3.11. The summed E-state index contributed by atoms with van der Waals surface area (Å²) in [6.45, 7) is 8.20. The summed E-state index contributed by atoms with van der Waals surface area (Å²) in [7, 11) is 1.97. The van der Waals surface area contributed by atoms with Crippen molar-refractivity contribution < 1.29 is 9.47 Å². The molecule has 3 atom stereocenters. The number of hydrogen-bond donors (Lipinski definition) is 1. The third kappa shape index (κ3) is 4.49. The van der Waals surface area contributed by atoms with Crippen LogP contribution in [0.1, 0.15) is 33.6 Å². The van der Waals surface area contributed by atoms with Gasteiger partial charge in [-0.25, -0.2) is 0 Å². The molecule has 1 aliphatic rings. The normalized spacial score (nSPS) is 28.6. The van der Waals surface area contributed by atoms with Crippen molar-refractivity contribution in [2.75, 3.05) is 20.2 Å². The molecule has 0 radical (unpaired) electrons. The Kier molecular flexibility index (Phi) is 5.58. The van der Waals surface area contributed by atoms with E-state index in [4.69, 9.17) is 9.47 Å². The lowest BCUT2D eigenvalue weighted by Gasteiger charge is -2.19. The first-order chi connectivity index (χ1) is 7.13. The minimum Gasteiger partial charge on any atom is -0.376 e. The average Bonchev–Trinajstić information content (AvgIpc) is 2.62. The second-order valence-corrected chi connectivity index (χ2v) is 4.80. The van der Waals surface area contributed by atoms with Gasteiger partial charge in [-0.15, -0.1) is 0 Å². The number of ether oxygens (including phenoxy) is 2. The van der Waals surface area contributed by atoms with Crippen LogP contribution in [0.15, 0.2) is 0 Å². The van der Waals surface area contributed by atoms with Crippen LogP contribution in [-0.4, -0.2) is 38.5 Å². The number of likely N-dealkylation sites (N-methyl/N-ethyl adjacent to an activating group) is 1. The van der Waals surface area contributed by atoms with Crippen molar-refractivity contribution >= 4 is 0 Å². The Hall–Kier alpha value is -0.120. The van der Waals surface area contributed by atoms with Gasteiger partial charge in [-0.1, -0.05) is 13.8 Å². The minimum absolute atomic E-state index is 0.310. The number of nitrogens with one attached hydrogen (secondary N) is 1. The lowest BCUT2D eigenvalue weighted by atomic mass is 10.1. The standard InChI is InChI=1S/C12H25NO2/c1-9(2)10(3)14-8-12-6-5-11(15-12)7-13-4/h9-13H,5-8H2,1-4H3. The fraction of sp³-hybridized carbons (Fsp3) is 1.00. The number of rotatable bonds is 6. The van der Waals surface area contributed by atoms with Gasteiger partial charge in [0.1, 0.15) is 0 Å². The van der Waals surface area contributed by atoms with Gasteiger partial charge in [-0.3, -0.25) is 0 Å². The van der Waals surface area contributed by atoms with E-state index in [1.54, 1.807) is 0 Å². The van der Waals surface area contributed by atoms with E-state index in [2.05, 4.69) is 26.1 Å². The zero-order valence-corrected chi connectivity index (χ0v) is 10.5. The molecule has 1 N–H and O–H groups in total. The molecule has 1 saturated heterocycles. The summed E-state index contributed by atoms with van der Waals surface area (Å²) in [4.78, 5) is 0. The highest BCUT2D eigenvalue weighted by molar-refractivity contribution is 4.75. The minimum atomic E-state index is 0.310. The van der Waals surface area contributed by atoms with E-state index < -0.39 is 0 Å². The smallest absolute Gasteiger partial charge is 0.0814 e. The Balaban J connectivity index is 2.13. The van der Waals surface area contributed by atoms with Crippen molar-refractivity contribution in [2.45, 2.75) is 51.9 Å². The summed E-state index contributed by atoms with van der Waals surface area (Å²) in [6, 6.07) is 0. The SMILES string of the molecule is CNCC1CCC(COC(C)C(C)C)O1. The van der Waals surface area contributed by atoms with Crippen molar-refractivity contribution in [1.82, 2.24) is 5.32 Å². The first-order valence-corrected chi connectivity index (χ1v) is 6.05. The maximum atomic E-state index is 5.84. The van der Waals surface area contributed by atoms with Crippen LogP contribution >= 0.6 is 0 Å². The van der Waals surface area contributed by atoms with Crippen molar-refractivity contribution in [3.05, 3.63) is 0 Å². The predicted molar refractivity (Wildman–Crippen MR) is 62.1 cm³/mol. The monoisotopic (exact) mass is 215 g/mol. The molecule has 0 spiro atoms. The van der Waals surface area contributed by atoms with Crippen molar-refractivity contribution in [3.63, 3.8) is 0 Å². The molecule has 0 aromatic heterocycles. The summed E-state index contributed by atoms with van der Waals surface area (Å²) < 4.78 is 11.6. The van der Waals surface area contributed by atoms with Crippen LogP contribution in [0.5, 0.6) is 0 Å². The molecular formula is C12H25NO2. The van der Waals surface area contributed by atoms with Crippen molar-refractivity contribution in [3.8, 4) is 0 Å². The summed E-state index contributed by atoms with van der Waals surface area (Å²) in [6.07, 6.45) is 3.32. The molecule has 3 unspecified atom stereocenters. The molecule has 0 aliphatic carbocycles. The summed E-state index contributed by atoms with van der Waals surface area (Å²) in [5.41, 5.74) is 0. The van der Waals surface area contributed by atoms with Gasteiger partial charge >= 0.3 is 0 Å². The molecule has 1 aliphatic heterocycles. The van der Waals surface area contributed by atoms with E-state index in [9.17, 15) is 0 Å². The molecule has 3 heteroatoms. The maximum Gasteiger partial charge on any atom is 0.0814 e. The summed E-state index contributed by atoms with van der Waals surface area (Å²) >= 11 is 0. The molecule has 0 aromatic rings. The zero-order chi connectivity index (χ0) is 11.3. The second kappa shape index (κ2) is 6.46. The maximum absolute atomic E-state index is 5.84. The van der Waals surface area contributed by atoms with Crippen LogP contribution in [0.3, 0.4) is 0 Å². The van der Waals surface area contributed by atoms with Crippen molar-refractivity contribution in [1.29, 1.82) is 0 Å². The van der Waals surface area contributed by atoms with Crippen LogP contribution in [0.25, 0.3) is 0 Å². The van der Waals surface area contributed by atoms with Crippen LogP contribution in [0.4, 0.5) is 0 Å². The van der Waals surface area contributed by atoms with Crippen LogP contribution in [-0.2, 0) is 9.47 Å². The molecule has 90 valence electrons. The molecule has 15 heavy (non-hydrogen) atoms. The van der Waals surface area contributed by atoms with Crippen LogP contribution < -0.4 is 5.32 Å². The van der Waals surface area contributed by atoms with Crippen molar-refractivity contribution in [2.24, 2.45) is 5.92 Å². The summed E-state index contributed by atoms with van der Waals surface area (Å²) in [5.74, 6) is 0.583. The van der Waals surface area contributed by atoms with Crippen LogP contribution in [0.2, 0.25) is 0 Å². The molecule has 1 fully saturated rings. The van der Waals surface area contributed by atoms with Gasteiger partial charge in [-0.2, -0.15) is 0 Å². The lowest BCUT2D eigenvalue weighted by molar-refractivity contribution is -0.0471. The van der Waals surface area contributed by atoms with E-state index >= 15 is 0 Å². The van der Waals surface area contributed by atoms with Gasteiger partial charge in [0, 0.05) is 6.54 Å². The van der Waals surface area contributed by atoms with E-state index in [0.717, 1.165) is 26.0 Å². The molecule has 1 rings (SSSR count). The quantitative estimate of drug-likeness (QED) is 0.733. The molecular weight excluding hydrogens is 190 g/mol. The molecule has 1 heterocycles. The largest absolute Gasteiger partial charge is 0.376 e. The zero-order valence-electron chi connectivity index (χ0n) is 10.5. The third-order valence-corrected chi connectivity index (χ3v) is 3.11. The average molecular weight is 215 g/mol. The van der Waals surface area contributed by atoms with Gasteiger partial charge in [0.25, 0.3) is 0 Å². The van der Waals surface area contributed by atoms with E-state index in [0.29, 0.717) is 24.2 Å². The number of hydrogen-bond acceptors (Lipinski definition) is 3. The first kappa shape index (κ1) is 12.9. The Labute approximate surface area is 93.5 Å². The Morgan fingerprint density at radius 1 is 1.27 bits per heavy atom. The fourth-order valence-electron chi connectivity index (χ4n) is 1.73. The van der Waals surface area contributed by atoms with E-state index in [1.807, 2.05) is 7.05 Å². The highest BCUT2D eigenvalue weighted by Gasteiger charge is 2.25. The molecule has 0 bridgehead atoms. The second-order valence-electron chi connectivity index (χ2n) is 4.80. The van der Waals surface area contributed by atoms with Gasteiger partial charge in [-0.05, 0) is 32.7 Å². The van der Waals surface area contributed by atoms with Crippen LogP contribution in [0, 0.1) is 5.92 Å². The fourth-order valence-corrected chi connectivity index (χ4v) is 1.73. The topological polar surface area (TPSA) is 30.5 Å². The van der Waals surface area contributed by atoms with Gasteiger partial charge in [0.15, 0.2) is 0 Å².